The highest BCUT2D eigenvalue weighted by Crippen LogP contribution is 2.34. The van der Waals surface area contributed by atoms with Crippen LogP contribution in [0.5, 0.6) is 0 Å². The summed E-state index contributed by atoms with van der Waals surface area (Å²) in [6.45, 7) is 0. The Labute approximate surface area is 103 Å². The van der Waals surface area contributed by atoms with Gasteiger partial charge in [-0.05, 0) is 6.07 Å². The summed E-state index contributed by atoms with van der Waals surface area (Å²) in [4.78, 5) is 17.2. The van der Waals surface area contributed by atoms with Crippen molar-refractivity contribution in [1.82, 2.24) is 9.97 Å². The molecule has 0 bridgehead atoms. The molecule has 0 radical (unpaired) electrons. The molecule has 0 aliphatic carbocycles. The minimum atomic E-state index is -4.78. The van der Waals surface area contributed by atoms with Crippen LogP contribution in [-0.4, -0.2) is 21.0 Å². The molecule has 4 nitrogen and oxygen atoms in total. The number of halogens is 4. The number of carbonyl (C=O) groups is 1. The first-order chi connectivity index (χ1) is 8.30. The molecule has 1 N–H and O–H groups in total. The number of aromatic carboxylic acids is 1. The van der Waals surface area contributed by atoms with Crippen LogP contribution in [0.1, 0.15) is 16.3 Å². The van der Waals surface area contributed by atoms with Gasteiger partial charge in [-0.2, -0.15) is 13.2 Å². The van der Waals surface area contributed by atoms with Crippen molar-refractivity contribution in [3.63, 3.8) is 0 Å². The number of carboxylic acid groups (broad SMARTS) is 1. The predicted octanol–water partition coefficient (Wildman–Crippen LogP) is 3.00. The molecular weight excluding hydrogens is 273 g/mol. The number of fused-ring (bicyclic) bond motifs is 1. The van der Waals surface area contributed by atoms with Crippen molar-refractivity contribution in [2.45, 2.75) is 6.18 Å². The highest BCUT2D eigenvalue weighted by atomic mass is 35.5. The van der Waals surface area contributed by atoms with Gasteiger partial charge in [0.25, 0.3) is 0 Å². The van der Waals surface area contributed by atoms with E-state index in [1.54, 1.807) is 0 Å². The second kappa shape index (κ2) is 4.09. The van der Waals surface area contributed by atoms with E-state index in [4.69, 9.17) is 16.7 Å². The summed E-state index contributed by atoms with van der Waals surface area (Å²) in [5.41, 5.74) is -1.55. The molecule has 94 valence electrons. The first-order valence-electron chi connectivity index (χ1n) is 4.57. The Morgan fingerprint density at radius 3 is 2.50 bits per heavy atom. The van der Waals surface area contributed by atoms with Crippen molar-refractivity contribution in [2.24, 2.45) is 0 Å². The van der Waals surface area contributed by atoms with Crippen LogP contribution in [0, 0.1) is 0 Å². The number of hydrogen-bond donors (Lipinski definition) is 1. The Kier molecular flexibility index (Phi) is 2.86. The van der Waals surface area contributed by atoms with E-state index >= 15 is 0 Å². The Morgan fingerprint density at radius 2 is 1.94 bits per heavy atom. The van der Waals surface area contributed by atoms with Crippen LogP contribution in [0.2, 0.25) is 5.02 Å². The molecule has 18 heavy (non-hydrogen) atoms. The van der Waals surface area contributed by atoms with Gasteiger partial charge in [0.1, 0.15) is 0 Å². The Morgan fingerprint density at radius 1 is 1.28 bits per heavy atom. The molecule has 2 aromatic rings. The van der Waals surface area contributed by atoms with Crippen molar-refractivity contribution >= 4 is 28.5 Å². The number of aromatic nitrogens is 2. The molecule has 1 aromatic heterocycles. The van der Waals surface area contributed by atoms with Gasteiger partial charge in [0, 0.05) is 5.39 Å². The molecule has 1 aromatic carbocycles. The summed E-state index contributed by atoms with van der Waals surface area (Å²) in [6.07, 6.45) is -4.78. The fraction of sp³-hybridized carbons (Fsp3) is 0.100. The van der Waals surface area contributed by atoms with Crippen molar-refractivity contribution in [2.75, 3.05) is 0 Å². The van der Waals surface area contributed by atoms with Gasteiger partial charge >= 0.3 is 12.1 Å². The Balaban J connectivity index is 2.91. The van der Waals surface area contributed by atoms with E-state index in [-0.39, 0.29) is 15.9 Å². The molecule has 0 aliphatic rings. The lowest BCUT2D eigenvalue weighted by Gasteiger charge is -2.10. The highest BCUT2D eigenvalue weighted by Gasteiger charge is 2.36. The third-order valence-corrected chi connectivity index (χ3v) is 2.44. The normalized spacial score (nSPS) is 11.8. The van der Waals surface area contributed by atoms with Gasteiger partial charge in [-0.15, -0.1) is 0 Å². The Bertz CT molecular complexity index is 643. The molecule has 0 aliphatic heterocycles. The topological polar surface area (TPSA) is 63.1 Å². The van der Waals surface area contributed by atoms with Gasteiger partial charge in [-0.3, -0.25) is 0 Å². The number of para-hydroxylation sites is 1. The zero-order chi connectivity index (χ0) is 13.5. The molecule has 0 atom stereocenters. The largest absolute Gasteiger partial charge is 0.475 e. The summed E-state index contributed by atoms with van der Waals surface area (Å²) in [6, 6.07) is 3.77. The van der Waals surface area contributed by atoms with Crippen molar-refractivity contribution in [3.05, 3.63) is 34.7 Å². The summed E-state index contributed by atoms with van der Waals surface area (Å²) < 4.78 is 38.3. The van der Waals surface area contributed by atoms with Crippen LogP contribution in [-0.2, 0) is 6.18 Å². The summed E-state index contributed by atoms with van der Waals surface area (Å²) >= 11 is 5.71. The van der Waals surface area contributed by atoms with Crippen molar-refractivity contribution < 1.29 is 23.1 Å². The fourth-order valence-corrected chi connectivity index (χ4v) is 1.65. The summed E-state index contributed by atoms with van der Waals surface area (Å²) in [5, 5.41) is 8.29. The lowest BCUT2D eigenvalue weighted by Crippen LogP contribution is -2.14. The molecule has 0 saturated carbocycles. The summed E-state index contributed by atoms with van der Waals surface area (Å²) in [7, 11) is 0. The SMILES string of the molecule is O=C(O)c1nc(C(F)(F)F)c2cccc(Cl)c2n1. The number of carboxylic acids is 1. The number of nitrogens with zero attached hydrogens (tertiary/aromatic N) is 2. The average Bonchev–Trinajstić information content (AvgIpc) is 2.27. The lowest BCUT2D eigenvalue weighted by atomic mass is 10.2. The lowest BCUT2D eigenvalue weighted by molar-refractivity contribution is -0.139. The standard InChI is InChI=1S/C10H4ClF3N2O2/c11-5-3-1-2-4-6(5)15-8(9(17)18)16-7(4)10(12,13)14/h1-3H,(H,17,18). The average molecular weight is 277 g/mol. The van der Waals surface area contributed by atoms with Gasteiger partial charge in [0.05, 0.1) is 10.5 Å². The number of benzene rings is 1. The van der Waals surface area contributed by atoms with Crippen LogP contribution < -0.4 is 0 Å². The predicted molar refractivity (Wildman–Crippen MR) is 56.5 cm³/mol. The van der Waals surface area contributed by atoms with E-state index < -0.39 is 23.7 Å². The van der Waals surface area contributed by atoms with Gasteiger partial charge in [0.15, 0.2) is 5.69 Å². The molecule has 0 unspecified atom stereocenters. The number of hydrogen-bond acceptors (Lipinski definition) is 3. The molecule has 8 heteroatoms. The maximum Gasteiger partial charge on any atom is 0.434 e. The van der Waals surface area contributed by atoms with Crippen LogP contribution in [0.15, 0.2) is 18.2 Å². The quantitative estimate of drug-likeness (QED) is 0.870. The van der Waals surface area contributed by atoms with E-state index in [1.807, 2.05) is 0 Å². The first kappa shape index (κ1) is 12.6. The first-order valence-corrected chi connectivity index (χ1v) is 4.95. The zero-order valence-corrected chi connectivity index (χ0v) is 9.25. The molecule has 0 amide bonds. The Hall–Kier alpha value is -1.89. The van der Waals surface area contributed by atoms with E-state index in [1.165, 1.54) is 12.1 Å². The zero-order valence-electron chi connectivity index (χ0n) is 8.49. The third-order valence-electron chi connectivity index (χ3n) is 2.14. The molecule has 2 rings (SSSR count). The van der Waals surface area contributed by atoms with E-state index in [2.05, 4.69) is 9.97 Å². The second-order valence-electron chi connectivity index (χ2n) is 3.33. The molecular formula is C10H4ClF3N2O2. The second-order valence-corrected chi connectivity index (χ2v) is 3.74. The van der Waals surface area contributed by atoms with Gasteiger partial charge in [-0.25, -0.2) is 14.8 Å². The van der Waals surface area contributed by atoms with Crippen molar-refractivity contribution in [3.8, 4) is 0 Å². The molecule has 1 heterocycles. The van der Waals surface area contributed by atoms with Crippen LogP contribution >= 0.6 is 11.6 Å². The van der Waals surface area contributed by atoms with Crippen LogP contribution in [0.4, 0.5) is 13.2 Å². The minimum absolute atomic E-state index is 0.0668. The third kappa shape index (κ3) is 2.08. The maximum atomic E-state index is 12.8. The van der Waals surface area contributed by atoms with E-state index in [9.17, 15) is 18.0 Å². The number of rotatable bonds is 1. The molecule has 0 spiro atoms. The van der Waals surface area contributed by atoms with Crippen LogP contribution in [0.3, 0.4) is 0 Å². The summed E-state index contributed by atoms with van der Waals surface area (Å²) in [5.74, 6) is -2.59. The van der Waals surface area contributed by atoms with E-state index in [0.29, 0.717) is 0 Å². The minimum Gasteiger partial charge on any atom is -0.475 e. The number of alkyl halides is 3. The fourth-order valence-electron chi connectivity index (χ4n) is 1.43. The highest BCUT2D eigenvalue weighted by molar-refractivity contribution is 6.35. The molecule has 0 saturated heterocycles. The van der Waals surface area contributed by atoms with Crippen LogP contribution in [0.25, 0.3) is 10.9 Å². The smallest absolute Gasteiger partial charge is 0.434 e. The maximum absolute atomic E-state index is 12.8. The van der Waals surface area contributed by atoms with E-state index in [0.717, 1.165) is 6.07 Å². The molecule has 0 fully saturated rings. The van der Waals surface area contributed by atoms with Crippen molar-refractivity contribution in [1.29, 1.82) is 0 Å². The van der Waals surface area contributed by atoms with Gasteiger partial charge < -0.3 is 5.11 Å². The van der Waals surface area contributed by atoms with Gasteiger partial charge in [-0.1, -0.05) is 23.7 Å². The van der Waals surface area contributed by atoms with Gasteiger partial charge in [0.2, 0.25) is 5.82 Å². The monoisotopic (exact) mass is 276 g/mol.